The van der Waals surface area contributed by atoms with Gasteiger partial charge in [-0.3, -0.25) is 0 Å². The van der Waals surface area contributed by atoms with E-state index in [9.17, 15) is 4.79 Å². The lowest BCUT2D eigenvalue weighted by Crippen LogP contribution is -2.05. The van der Waals surface area contributed by atoms with Crippen LogP contribution in [-0.2, 0) is 0 Å². The average Bonchev–Trinajstić information content (AvgIpc) is 2.08. The van der Waals surface area contributed by atoms with Crippen LogP contribution in [0.15, 0.2) is 15.8 Å². The fourth-order valence-corrected chi connectivity index (χ4v) is 1.19. The molecule has 70 valence electrons. The molecule has 0 aliphatic carbocycles. The van der Waals surface area contributed by atoms with Crippen LogP contribution in [0, 0.1) is 0 Å². The van der Waals surface area contributed by atoms with Gasteiger partial charge in [-0.05, 0) is 22.2 Å². The van der Waals surface area contributed by atoms with Crippen molar-refractivity contribution in [2.75, 3.05) is 6.26 Å². The summed E-state index contributed by atoms with van der Waals surface area (Å²) in [5.74, 6) is 0.00634. The SMILES string of the molecule is CSc1ncc(Br)c(OC(=O)O)n1. The van der Waals surface area contributed by atoms with Crippen molar-refractivity contribution < 1.29 is 14.6 Å². The molecule has 0 fully saturated rings. The van der Waals surface area contributed by atoms with Gasteiger partial charge in [0.15, 0.2) is 5.16 Å². The van der Waals surface area contributed by atoms with Crippen molar-refractivity contribution in [3.05, 3.63) is 10.7 Å². The molecule has 1 aromatic heterocycles. The van der Waals surface area contributed by atoms with Crippen molar-refractivity contribution in [2.45, 2.75) is 5.16 Å². The third-order valence-corrected chi connectivity index (χ3v) is 2.16. The normalized spacial score (nSPS) is 9.69. The van der Waals surface area contributed by atoms with E-state index in [0.717, 1.165) is 0 Å². The minimum absolute atomic E-state index is 0.00634. The molecule has 0 radical (unpaired) electrons. The van der Waals surface area contributed by atoms with Crippen molar-refractivity contribution in [3.63, 3.8) is 0 Å². The van der Waals surface area contributed by atoms with E-state index in [1.165, 1.54) is 18.0 Å². The topological polar surface area (TPSA) is 72.3 Å². The number of hydrogen-bond donors (Lipinski definition) is 1. The maximum absolute atomic E-state index is 10.2. The summed E-state index contributed by atoms with van der Waals surface area (Å²) in [6.45, 7) is 0. The molecule has 7 heteroatoms. The Bertz CT molecular complexity index is 334. The summed E-state index contributed by atoms with van der Waals surface area (Å²) < 4.78 is 4.80. The second-order valence-corrected chi connectivity index (χ2v) is 3.51. The molecule has 0 spiro atoms. The molecule has 0 aromatic carbocycles. The molecule has 0 aliphatic rings. The number of carbonyl (C=O) groups is 1. The number of thioether (sulfide) groups is 1. The van der Waals surface area contributed by atoms with Gasteiger partial charge in [-0.1, -0.05) is 11.8 Å². The Kier molecular flexibility index (Phi) is 3.49. The first-order chi connectivity index (χ1) is 6.13. The van der Waals surface area contributed by atoms with Crippen LogP contribution >= 0.6 is 27.7 Å². The van der Waals surface area contributed by atoms with E-state index in [4.69, 9.17) is 5.11 Å². The lowest BCUT2D eigenvalue weighted by molar-refractivity contribution is 0.142. The maximum atomic E-state index is 10.2. The van der Waals surface area contributed by atoms with E-state index >= 15 is 0 Å². The first-order valence-electron chi connectivity index (χ1n) is 3.11. The van der Waals surface area contributed by atoms with Gasteiger partial charge in [0.2, 0.25) is 5.88 Å². The molecule has 1 rings (SSSR count). The van der Waals surface area contributed by atoms with Crippen LogP contribution in [0.4, 0.5) is 4.79 Å². The summed E-state index contributed by atoms with van der Waals surface area (Å²) in [6, 6.07) is 0. The number of carboxylic acid groups (broad SMARTS) is 1. The van der Waals surface area contributed by atoms with Crippen LogP contribution in [0.3, 0.4) is 0 Å². The predicted molar refractivity (Wildman–Crippen MR) is 50.2 cm³/mol. The summed E-state index contributed by atoms with van der Waals surface area (Å²) >= 11 is 4.37. The Morgan fingerprint density at radius 3 is 3.00 bits per heavy atom. The summed E-state index contributed by atoms with van der Waals surface area (Å²) in [6.07, 6.45) is 1.83. The van der Waals surface area contributed by atoms with E-state index in [1.54, 1.807) is 6.26 Å². The number of aromatic nitrogens is 2. The van der Waals surface area contributed by atoms with Crippen molar-refractivity contribution in [2.24, 2.45) is 0 Å². The van der Waals surface area contributed by atoms with Crippen LogP contribution in [-0.4, -0.2) is 27.5 Å². The Morgan fingerprint density at radius 1 is 1.77 bits per heavy atom. The van der Waals surface area contributed by atoms with Gasteiger partial charge < -0.3 is 9.84 Å². The molecule has 1 N–H and O–H groups in total. The molecule has 0 unspecified atom stereocenters. The van der Waals surface area contributed by atoms with Crippen molar-refractivity contribution in [1.82, 2.24) is 9.97 Å². The minimum atomic E-state index is -1.40. The van der Waals surface area contributed by atoms with Crippen LogP contribution in [0.2, 0.25) is 0 Å². The summed E-state index contributed by atoms with van der Waals surface area (Å²) in [7, 11) is 0. The van der Waals surface area contributed by atoms with Crippen LogP contribution in [0.25, 0.3) is 0 Å². The molecule has 13 heavy (non-hydrogen) atoms. The van der Waals surface area contributed by atoms with Gasteiger partial charge in [-0.15, -0.1) is 0 Å². The molecular weight excluding hydrogens is 260 g/mol. The fraction of sp³-hybridized carbons (Fsp3) is 0.167. The fourth-order valence-electron chi connectivity index (χ4n) is 0.589. The average molecular weight is 265 g/mol. The maximum Gasteiger partial charge on any atom is 0.512 e. The third kappa shape index (κ3) is 2.85. The van der Waals surface area contributed by atoms with Crippen LogP contribution in [0.1, 0.15) is 0 Å². The second kappa shape index (κ2) is 4.43. The van der Waals surface area contributed by atoms with Gasteiger partial charge in [-0.2, -0.15) is 4.98 Å². The summed E-state index contributed by atoms with van der Waals surface area (Å²) in [4.78, 5) is 17.9. The molecule has 5 nitrogen and oxygen atoms in total. The molecule has 0 bridgehead atoms. The molecule has 0 saturated carbocycles. The zero-order valence-electron chi connectivity index (χ0n) is 6.52. The van der Waals surface area contributed by atoms with E-state index in [1.807, 2.05) is 0 Å². The zero-order valence-corrected chi connectivity index (χ0v) is 8.92. The van der Waals surface area contributed by atoms with Gasteiger partial charge in [0.1, 0.15) is 0 Å². The number of nitrogens with zero attached hydrogens (tertiary/aromatic N) is 2. The van der Waals surface area contributed by atoms with Crippen LogP contribution < -0.4 is 4.74 Å². The molecule has 0 amide bonds. The van der Waals surface area contributed by atoms with Gasteiger partial charge in [0.05, 0.1) is 4.47 Å². The highest BCUT2D eigenvalue weighted by Gasteiger charge is 2.09. The number of halogens is 1. The number of rotatable bonds is 2. The molecular formula is C6H5BrN2O3S. The molecule has 0 aliphatic heterocycles. The second-order valence-electron chi connectivity index (χ2n) is 1.88. The van der Waals surface area contributed by atoms with Gasteiger partial charge in [0.25, 0.3) is 0 Å². The van der Waals surface area contributed by atoms with Crippen molar-refractivity contribution in [3.8, 4) is 5.88 Å². The zero-order chi connectivity index (χ0) is 9.84. The van der Waals surface area contributed by atoms with Crippen molar-refractivity contribution >= 4 is 33.8 Å². The Morgan fingerprint density at radius 2 is 2.46 bits per heavy atom. The quantitative estimate of drug-likeness (QED) is 0.501. The highest BCUT2D eigenvalue weighted by Crippen LogP contribution is 2.23. The third-order valence-electron chi connectivity index (χ3n) is 1.06. The first kappa shape index (κ1) is 10.3. The van der Waals surface area contributed by atoms with E-state index in [-0.39, 0.29) is 5.88 Å². The first-order valence-corrected chi connectivity index (χ1v) is 5.12. The van der Waals surface area contributed by atoms with Gasteiger partial charge >= 0.3 is 6.16 Å². The standard InChI is InChI=1S/C6H5BrN2O3S/c1-13-5-8-2-3(7)4(9-5)12-6(10)11/h2H,1H3,(H,10,11). The molecule has 1 heterocycles. The smallest absolute Gasteiger partial charge is 0.449 e. The minimum Gasteiger partial charge on any atom is -0.449 e. The van der Waals surface area contributed by atoms with Crippen LogP contribution in [0.5, 0.6) is 5.88 Å². The molecule has 0 saturated heterocycles. The highest BCUT2D eigenvalue weighted by atomic mass is 79.9. The van der Waals surface area contributed by atoms with Crippen molar-refractivity contribution in [1.29, 1.82) is 0 Å². The number of ether oxygens (including phenoxy) is 1. The highest BCUT2D eigenvalue weighted by molar-refractivity contribution is 9.10. The van der Waals surface area contributed by atoms with Gasteiger partial charge in [-0.25, -0.2) is 9.78 Å². The Labute approximate surface area is 86.7 Å². The monoisotopic (exact) mass is 264 g/mol. The molecule has 0 atom stereocenters. The Balaban J connectivity index is 2.96. The van der Waals surface area contributed by atoms with E-state index in [0.29, 0.717) is 9.63 Å². The molecule has 1 aromatic rings. The summed E-state index contributed by atoms with van der Waals surface area (Å²) in [5.41, 5.74) is 0. The lowest BCUT2D eigenvalue weighted by atomic mass is 10.6. The summed E-state index contributed by atoms with van der Waals surface area (Å²) in [5, 5.41) is 8.80. The predicted octanol–water partition coefficient (Wildman–Crippen LogP) is 2.02. The van der Waals surface area contributed by atoms with Gasteiger partial charge in [0, 0.05) is 6.20 Å². The Hall–Kier alpha value is -0.820. The number of hydrogen-bond acceptors (Lipinski definition) is 5. The van der Waals surface area contributed by atoms with E-state index in [2.05, 4.69) is 30.6 Å². The lowest BCUT2D eigenvalue weighted by Gasteiger charge is -2.01. The van der Waals surface area contributed by atoms with E-state index < -0.39 is 6.16 Å². The largest absolute Gasteiger partial charge is 0.512 e.